The van der Waals surface area contributed by atoms with Crippen LogP contribution in [-0.4, -0.2) is 41.7 Å². The smallest absolute Gasteiger partial charge is 0.325 e. The third kappa shape index (κ3) is 4.31. The molecule has 0 saturated carbocycles. The zero-order chi connectivity index (χ0) is 16.5. The van der Waals surface area contributed by atoms with E-state index in [-0.39, 0.29) is 23.7 Å². The zero-order valence-corrected chi connectivity index (χ0v) is 14.5. The van der Waals surface area contributed by atoms with Crippen LogP contribution in [0.15, 0.2) is 18.2 Å². The molecule has 1 saturated heterocycles. The highest BCUT2D eigenvalue weighted by molar-refractivity contribution is 5.75. The standard InChI is InChI=1S/C18H27NO3/c1-13-8-7-9-14(2)16(13)21-15(20)10-19-11-17(3,4)22-18(5,6)12-19/h7-9H,10-12H2,1-6H3. The Labute approximate surface area is 133 Å². The predicted molar refractivity (Wildman–Crippen MR) is 87.2 cm³/mol. The Bertz CT molecular complexity index is 527. The minimum atomic E-state index is -0.263. The number of benzene rings is 1. The van der Waals surface area contributed by atoms with Crippen LogP contribution in [0, 0.1) is 13.8 Å². The maximum atomic E-state index is 12.3. The molecule has 0 bridgehead atoms. The van der Waals surface area contributed by atoms with E-state index in [0.29, 0.717) is 5.75 Å². The molecule has 0 spiro atoms. The number of carbonyl (C=O) groups is 1. The van der Waals surface area contributed by atoms with Crippen LogP contribution in [0.1, 0.15) is 38.8 Å². The van der Waals surface area contributed by atoms with E-state index in [9.17, 15) is 4.79 Å². The Morgan fingerprint density at radius 2 is 1.64 bits per heavy atom. The van der Waals surface area contributed by atoms with Crippen LogP contribution in [0.2, 0.25) is 0 Å². The first kappa shape index (κ1) is 17.0. The number of morpholine rings is 1. The summed E-state index contributed by atoms with van der Waals surface area (Å²) < 4.78 is 11.6. The molecule has 1 aliphatic heterocycles. The van der Waals surface area contributed by atoms with Crippen LogP contribution < -0.4 is 4.74 Å². The minimum Gasteiger partial charge on any atom is -0.425 e. The first-order chi connectivity index (χ1) is 10.1. The molecule has 4 heteroatoms. The Kier molecular flexibility index (Phi) is 4.64. The molecule has 1 aromatic rings. The van der Waals surface area contributed by atoms with Gasteiger partial charge in [0.25, 0.3) is 0 Å². The number of esters is 1. The van der Waals surface area contributed by atoms with Gasteiger partial charge in [0, 0.05) is 13.1 Å². The molecule has 22 heavy (non-hydrogen) atoms. The summed E-state index contributed by atoms with van der Waals surface area (Å²) in [5.41, 5.74) is 1.44. The van der Waals surface area contributed by atoms with Crippen molar-refractivity contribution in [2.24, 2.45) is 0 Å². The molecule has 4 nitrogen and oxygen atoms in total. The molecule has 0 unspecified atom stereocenters. The van der Waals surface area contributed by atoms with Crippen molar-refractivity contribution in [2.75, 3.05) is 19.6 Å². The van der Waals surface area contributed by atoms with Crippen molar-refractivity contribution in [2.45, 2.75) is 52.7 Å². The van der Waals surface area contributed by atoms with E-state index in [1.54, 1.807) is 0 Å². The lowest BCUT2D eigenvalue weighted by Gasteiger charge is -2.46. The van der Waals surface area contributed by atoms with Crippen LogP contribution >= 0.6 is 0 Å². The van der Waals surface area contributed by atoms with E-state index in [0.717, 1.165) is 24.2 Å². The fraction of sp³-hybridized carbons (Fsp3) is 0.611. The predicted octanol–water partition coefficient (Wildman–Crippen LogP) is 3.10. The first-order valence-corrected chi connectivity index (χ1v) is 7.77. The molecule has 0 atom stereocenters. The van der Waals surface area contributed by atoms with Crippen molar-refractivity contribution >= 4 is 5.97 Å². The molecular formula is C18H27NO3. The van der Waals surface area contributed by atoms with E-state index in [4.69, 9.17) is 9.47 Å². The minimum absolute atomic E-state index is 0.217. The molecule has 0 N–H and O–H groups in total. The fourth-order valence-corrected chi connectivity index (χ4v) is 3.35. The van der Waals surface area contributed by atoms with Crippen molar-refractivity contribution in [3.63, 3.8) is 0 Å². The molecular weight excluding hydrogens is 278 g/mol. The Morgan fingerprint density at radius 3 is 2.14 bits per heavy atom. The van der Waals surface area contributed by atoms with Gasteiger partial charge < -0.3 is 9.47 Å². The van der Waals surface area contributed by atoms with Gasteiger partial charge in [-0.25, -0.2) is 0 Å². The van der Waals surface area contributed by atoms with E-state index in [2.05, 4.69) is 32.6 Å². The van der Waals surface area contributed by atoms with Crippen molar-refractivity contribution in [1.29, 1.82) is 0 Å². The lowest BCUT2D eigenvalue weighted by atomic mass is 9.99. The number of carbonyl (C=O) groups excluding carboxylic acids is 1. The highest BCUT2D eigenvalue weighted by Crippen LogP contribution is 2.28. The summed E-state index contributed by atoms with van der Waals surface area (Å²) in [5, 5.41) is 0. The number of hydrogen-bond acceptors (Lipinski definition) is 4. The van der Waals surface area contributed by atoms with Crippen molar-refractivity contribution < 1.29 is 14.3 Å². The molecule has 1 heterocycles. The lowest BCUT2D eigenvalue weighted by Crippen LogP contribution is -2.58. The van der Waals surface area contributed by atoms with E-state index >= 15 is 0 Å². The van der Waals surface area contributed by atoms with Crippen molar-refractivity contribution in [3.05, 3.63) is 29.3 Å². The quantitative estimate of drug-likeness (QED) is 0.635. The lowest BCUT2D eigenvalue weighted by molar-refractivity contribution is -0.183. The summed E-state index contributed by atoms with van der Waals surface area (Å²) in [4.78, 5) is 14.4. The van der Waals surface area contributed by atoms with E-state index < -0.39 is 0 Å². The summed E-state index contributed by atoms with van der Waals surface area (Å²) in [7, 11) is 0. The maximum absolute atomic E-state index is 12.3. The topological polar surface area (TPSA) is 38.8 Å². The van der Waals surface area contributed by atoms with Crippen molar-refractivity contribution in [1.82, 2.24) is 4.90 Å². The zero-order valence-electron chi connectivity index (χ0n) is 14.5. The van der Waals surface area contributed by atoms with Gasteiger partial charge in [0.1, 0.15) is 5.75 Å². The van der Waals surface area contributed by atoms with Gasteiger partial charge >= 0.3 is 5.97 Å². The monoisotopic (exact) mass is 305 g/mol. The molecule has 0 aromatic heterocycles. The molecule has 1 fully saturated rings. The third-order valence-corrected chi connectivity index (χ3v) is 3.74. The van der Waals surface area contributed by atoms with Crippen LogP contribution in [0.3, 0.4) is 0 Å². The SMILES string of the molecule is Cc1cccc(C)c1OC(=O)CN1CC(C)(C)OC(C)(C)C1. The molecule has 1 aromatic carbocycles. The largest absolute Gasteiger partial charge is 0.425 e. The number of rotatable bonds is 3. The summed E-state index contributed by atoms with van der Waals surface area (Å²) in [6, 6.07) is 5.88. The van der Waals surface area contributed by atoms with Gasteiger partial charge in [-0.3, -0.25) is 9.69 Å². The van der Waals surface area contributed by atoms with Crippen molar-refractivity contribution in [3.8, 4) is 5.75 Å². The van der Waals surface area contributed by atoms with Gasteiger partial charge in [0.15, 0.2) is 0 Å². The molecule has 1 aliphatic rings. The van der Waals surface area contributed by atoms with Crippen LogP contribution in [0.5, 0.6) is 5.75 Å². The summed E-state index contributed by atoms with van der Waals surface area (Å²) in [6.07, 6.45) is 0. The first-order valence-electron chi connectivity index (χ1n) is 7.77. The number of hydrogen-bond donors (Lipinski definition) is 0. The van der Waals surface area contributed by atoms with Gasteiger partial charge in [0.2, 0.25) is 0 Å². The average molecular weight is 305 g/mol. The van der Waals surface area contributed by atoms with E-state index in [1.807, 2.05) is 32.0 Å². The maximum Gasteiger partial charge on any atom is 0.325 e. The highest BCUT2D eigenvalue weighted by Gasteiger charge is 2.38. The third-order valence-electron chi connectivity index (χ3n) is 3.74. The summed E-state index contributed by atoms with van der Waals surface area (Å²) >= 11 is 0. The van der Waals surface area contributed by atoms with E-state index in [1.165, 1.54) is 0 Å². The molecule has 122 valence electrons. The van der Waals surface area contributed by atoms with Gasteiger partial charge in [-0.2, -0.15) is 0 Å². The number of ether oxygens (including phenoxy) is 2. The van der Waals surface area contributed by atoms with Gasteiger partial charge in [-0.05, 0) is 52.7 Å². The second-order valence-corrected chi connectivity index (χ2v) is 7.46. The fourth-order valence-electron chi connectivity index (χ4n) is 3.35. The van der Waals surface area contributed by atoms with Gasteiger partial charge in [-0.1, -0.05) is 18.2 Å². The van der Waals surface area contributed by atoms with Gasteiger partial charge in [-0.15, -0.1) is 0 Å². The number of nitrogens with zero attached hydrogens (tertiary/aromatic N) is 1. The van der Waals surface area contributed by atoms with Crippen LogP contribution in [0.25, 0.3) is 0 Å². The summed E-state index contributed by atoms with van der Waals surface area (Å²) in [6.45, 7) is 13.8. The normalized spacial score (nSPS) is 20.6. The summed E-state index contributed by atoms with van der Waals surface area (Å²) in [5.74, 6) is 0.463. The average Bonchev–Trinajstić information content (AvgIpc) is 2.29. The Hall–Kier alpha value is -1.39. The molecule has 0 amide bonds. The number of para-hydroxylation sites is 1. The number of aryl methyl sites for hydroxylation is 2. The molecule has 2 rings (SSSR count). The van der Waals surface area contributed by atoms with Crippen LogP contribution in [-0.2, 0) is 9.53 Å². The Balaban J connectivity index is 2.03. The molecule has 0 radical (unpaired) electrons. The second kappa shape index (κ2) is 6.01. The van der Waals surface area contributed by atoms with Gasteiger partial charge in [0.05, 0.1) is 17.7 Å². The highest BCUT2D eigenvalue weighted by atomic mass is 16.5. The van der Waals surface area contributed by atoms with Crippen LogP contribution in [0.4, 0.5) is 0 Å². The molecule has 0 aliphatic carbocycles. The second-order valence-electron chi connectivity index (χ2n) is 7.46. The Morgan fingerprint density at radius 1 is 1.14 bits per heavy atom.